The van der Waals surface area contributed by atoms with Crippen molar-refractivity contribution in [1.29, 1.82) is 0 Å². The molecule has 0 saturated carbocycles. The fraction of sp³-hybridized carbons (Fsp3) is 0.290. The van der Waals surface area contributed by atoms with E-state index in [-0.39, 0.29) is 17.9 Å². The maximum Gasteiger partial charge on any atom is 0.255 e. The van der Waals surface area contributed by atoms with Crippen molar-refractivity contribution in [1.82, 2.24) is 24.6 Å². The Morgan fingerprint density at radius 3 is 2.50 bits per heavy atom. The second-order valence-corrected chi connectivity index (χ2v) is 11.4. The normalized spacial score (nSPS) is 15.3. The first-order valence-corrected chi connectivity index (χ1v) is 14.8. The van der Waals surface area contributed by atoms with E-state index in [2.05, 4.69) is 39.9 Å². The zero-order valence-electron chi connectivity index (χ0n) is 22.7. The molecule has 0 spiro atoms. The van der Waals surface area contributed by atoms with E-state index in [1.165, 1.54) is 0 Å². The van der Waals surface area contributed by atoms with Gasteiger partial charge in [0.2, 0.25) is 5.91 Å². The molecule has 5 rings (SSSR count). The number of benzene rings is 3. The second kappa shape index (κ2) is 12.7. The number of nitrogens with zero attached hydrogens (tertiary/aromatic N) is 5. The van der Waals surface area contributed by atoms with Crippen LogP contribution in [0.1, 0.15) is 35.7 Å². The molecule has 0 N–H and O–H groups in total. The summed E-state index contributed by atoms with van der Waals surface area (Å²) in [5, 5.41) is 10.3. The van der Waals surface area contributed by atoms with E-state index in [0.717, 1.165) is 40.0 Å². The van der Waals surface area contributed by atoms with Crippen molar-refractivity contribution in [3.63, 3.8) is 0 Å². The van der Waals surface area contributed by atoms with E-state index < -0.39 is 0 Å². The van der Waals surface area contributed by atoms with Crippen LogP contribution in [0.5, 0.6) is 0 Å². The lowest BCUT2D eigenvalue weighted by Crippen LogP contribution is -2.55. The molecule has 1 aliphatic heterocycles. The van der Waals surface area contributed by atoms with Gasteiger partial charge < -0.3 is 9.80 Å². The number of hydrogen-bond acceptors (Lipinski definition) is 5. The van der Waals surface area contributed by atoms with Crippen molar-refractivity contribution in [3.8, 4) is 17.1 Å². The zero-order chi connectivity index (χ0) is 28.1. The van der Waals surface area contributed by atoms with Gasteiger partial charge in [0.05, 0.1) is 10.6 Å². The molecule has 3 aromatic carbocycles. The van der Waals surface area contributed by atoms with Crippen LogP contribution in [0.2, 0.25) is 5.02 Å². The summed E-state index contributed by atoms with van der Waals surface area (Å²) in [7, 11) is 0. The molecule has 2 amide bonds. The van der Waals surface area contributed by atoms with Gasteiger partial charge >= 0.3 is 0 Å². The number of thioether (sulfide) groups is 1. The van der Waals surface area contributed by atoms with Gasteiger partial charge in [0.1, 0.15) is 0 Å². The maximum absolute atomic E-state index is 13.0. The summed E-state index contributed by atoms with van der Waals surface area (Å²) in [5.74, 6) is 1.56. The molecule has 1 atom stereocenters. The fourth-order valence-electron chi connectivity index (χ4n) is 4.96. The summed E-state index contributed by atoms with van der Waals surface area (Å²) in [4.78, 5) is 29.7. The Hall–Kier alpha value is -3.62. The van der Waals surface area contributed by atoms with Crippen molar-refractivity contribution < 1.29 is 9.59 Å². The van der Waals surface area contributed by atoms with Crippen LogP contribution in [0.3, 0.4) is 0 Å². The van der Waals surface area contributed by atoms with Gasteiger partial charge in [-0.25, -0.2) is 0 Å². The van der Waals surface area contributed by atoms with Crippen LogP contribution in [0.25, 0.3) is 17.1 Å². The number of piperazine rings is 1. The number of hydrogen-bond donors (Lipinski definition) is 0. The van der Waals surface area contributed by atoms with Crippen molar-refractivity contribution >= 4 is 35.2 Å². The molecule has 4 aromatic rings. The van der Waals surface area contributed by atoms with Gasteiger partial charge in [0.25, 0.3) is 5.91 Å². The molecule has 0 radical (unpaired) electrons. The van der Waals surface area contributed by atoms with Gasteiger partial charge in [-0.3, -0.25) is 14.2 Å². The molecule has 2 heterocycles. The molecule has 1 aliphatic rings. The van der Waals surface area contributed by atoms with Gasteiger partial charge in [-0.1, -0.05) is 78.0 Å². The summed E-state index contributed by atoms with van der Waals surface area (Å²) in [5.41, 5.74) is 3.68. The number of aryl methyl sites for hydroxylation is 1. The predicted molar refractivity (Wildman–Crippen MR) is 160 cm³/mol. The predicted octanol–water partition coefficient (Wildman–Crippen LogP) is 6.14. The molecule has 1 aromatic heterocycles. The Balaban J connectivity index is 1.18. The second-order valence-electron chi connectivity index (χ2n) is 9.97. The first-order valence-electron chi connectivity index (χ1n) is 13.5. The van der Waals surface area contributed by atoms with E-state index in [9.17, 15) is 9.59 Å². The summed E-state index contributed by atoms with van der Waals surface area (Å²) >= 11 is 7.85. The quantitative estimate of drug-likeness (QED) is 0.187. The fourth-order valence-corrected chi connectivity index (χ4v) is 6.06. The molecule has 40 heavy (non-hydrogen) atoms. The van der Waals surface area contributed by atoms with E-state index in [0.29, 0.717) is 36.6 Å². The Labute approximate surface area is 244 Å². The first-order chi connectivity index (χ1) is 19.4. The minimum atomic E-state index is -0.0887. The number of carbonyl (C=O) groups excluding carboxylic acids is 2. The highest BCUT2D eigenvalue weighted by Crippen LogP contribution is 2.29. The molecular formula is C31H32ClN5O2S. The third-order valence-electron chi connectivity index (χ3n) is 7.04. The highest BCUT2D eigenvalue weighted by atomic mass is 35.5. The highest BCUT2D eigenvalue weighted by Gasteiger charge is 2.30. The van der Waals surface area contributed by atoms with Crippen LogP contribution in [0.15, 0.2) is 84.0 Å². The Bertz CT molecular complexity index is 1490. The number of aromatic nitrogens is 3. The molecule has 9 heteroatoms. The standard InChI is InChI=1S/C31H32ClN5O2S/c1-22-10-8-13-25(20-22)37-29(24-11-4-3-5-12-24)33-34-31(37)40-19-9-16-28(38)35-17-18-36(23(2)21-35)30(39)26-14-6-7-15-27(26)32/h3-8,10-15,20,23H,9,16-19,21H2,1-2H3. The van der Waals surface area contributed by atoms with Crippen LogP contribution in [-0.4, -0.2) is 67.8 Å². The number of carbonyl (C=O) groups is 2. The molecule has 0 aliphatic carbocycles. The Morgan fingerprint density at radius 1 is 0.975 bits per heavy atom. The largest absolute Gasteiger partial charge is 0.339 e. The summed E-state index contributed by atoms with van der Waals surface area (Å²) in [6, 6.07) is 25.4. The van der Waals surface area contributed by atoms with E-state index in [1.54, 1.807) is 23.9 Å². The lowest BCUT2D eigenvalue weighted by atomic mass is 10.1. The van der Waals surface area contributed by atoms with Gasteiger partial charge in [-0.2, -0.15) is 0 Å². The van der Waals surface area contributed by atoms with E-state index in [1.807, 2.05) is 65.3 Å². The molecule has 1 fully saturated rings. The average Bonchev–Trinajstić information content (AvgIpc) is 3.39. The topological polar surface area (TPSA) is 71.3 Å². The lowest BCUT2D eigenvalue weighted by molar-refractivity contribution is -0.133. The minimum Gasteiger partial charge on any atom is -0.339 e. The molecule has 7 nitrogen and oxygen atoms in total. The van der Waals surface area contributed by atoms with Gasteiger partial charge in [-0.15, -0.1) is 10.2 Å². The molecule has 206 valence electrons. The highest BCUT2D eigenvalue weighted by molar-refractivity contribution is 7.99. The molecule has 1 saturated heterocycles. The van der Waals surface area contributed by atoms with E-state index in [4.69, 9.17) is 11.6 Å². The van der Waals surface area contributed by atoms with Gasteiger partial charge in [0, 0.05) is 49.1 Å². The summed E-state index contributed by atoms with van der Waals surface area (Å²) in [6.45, 7) is 5.58. The Kier molecular flexibility index (Phi) is 8.87. The van der Waals surface area contributed by atoms with Gasteiger partial charge in [0.15, 0.2) is 11.0 Å². The van der Waals surface area contributed by atoms with Crippen molar-refractivity contribution in [2.75, 3.05) is 25.4 Å². The zero-order valence-corrected chi connectivity index (χ0v) is 24.2. The van der Waals surface area contributed by atoms with Crippen molar-refractivity contribution in [2.45, 2.75) is 37.9 Å². The number of halogens is 1. The number of amides is 2. The van der Waals surface area contributed by atoms with Crippen LogP contribution < -0.4 is 0 Å². The monoisotopic (exact) mass is 573 g/mol. The van der Waals surface area contributed by atoms with Gasteiger partial charge in [-0.05, 0) is 50.1 Å². The third-order valence-corrected chi connectivity index (χ3v) is 8.38. The average molecular weight is 574 g/mol. The van der Waals surface area contributed by atoms with E-state index >= 15 is 0 Å². The molecule has 1 unspecified atom stereocenters. The van der Waals surface area contributed by atoms with Crippen molar-refractivity contribution in [3.05, 3.63) is 95.0 Å². The molecule has 0 bridgehead atoms. The van der Waals surface area contributed by atoms with Crippen molar-refractivity contribution in [2.24, 2.45) is 0 Å². The smallest absolute Gasteiger partial charge is 0.255 e. The lowest BCUT2D eigenvalue weighted by Gasteiger charge is -2.40. The van der Waals surface area contributed by atoms with Crippen LogP contribution in [0, 0.1) is 6.92 Å². The number of rotatable bonds is 8. The maximum atomic E-state index is 13.0. The SMILES string of the molecule is Cc1cccc(-n2c(SCCCC(=O)N3CCN(C(=O)c4ccccc4Cl)C(C)C3)nnc2-c2ccccc2)c1. The minimum absolute atomic E-state index is 0.0832. The first kappa shape index (κ1) is 27.9. The third kappa shape index (κ3) is 6.24. The summed E-state index contributed by atoms with van der Waals surface area (Å²) < 4.78 is 2.09. The van der Waals surface area contributed by atoms with Crippen LogP contribution in [-0.2, 0) is 4.79 Å². The van der Waals surface area contributed by atoms with Crippen LogP contribution in [0.4, 0.5) is 0 Å². The van der Waals surface area contributed by atoms with Crippen LogP contribution >= 0.6 is 23.4 Å². The Morgan fingerprint density at radius 2 is 1.75 bits per heavy atom. The molecular weight excluding hydrogens is 542 g/mol. The summed E-state index contributed by atoms with van der Waals surface area (Å²) in [6.07, 6.45) is 1.17.